The number of aromatic carboxylic acids is 1. The van der Waals surface area contributed by atoms with Gasteiger partial charge in [0, 0.05) is 12.1 Å². The number of rotatable bonds is 7. The molecule has 24 heavy (non-hydrogen) atoms. The van der Waals surface area contributed by atoms with Crippen molar-refractivity contribution in [3.8, 4) is 0 Å². The van der Waals surface area contributed by atoms with Crippen molar-refractivity contribution < 1.29 is 18.3 Å². The fraction of sp³-hybridized carbons (Fsp3) is 0.588. The lowest BCUT2D eigenvalue weighted by molar-refractivity contribution is 0.0696. The molecular weight excluding hydrogens is 328 g/mol. The number of carboxylic acid groups (broad SMARTS) is 1. The molecule has 0 unspecified atom stereocenters. The Kier molecular flexibility index (Phi) is 6.23. The van der Waals surface area contributed by atoms with Crippen LogP contribution in [0.3, 0.4) is 0 Å². The van der Waals surface area contributed by atoms with Crippen LogP contribution in [0, 0.1) is 0 Å². The zero-order valence-corrected chi connectivity index (χ0v) is 15.0. The largest absolute Gasteiger partial charge is 0.478 e. The van der Waals surface area contributed by atoms with E-state index in [1.54, 1.807) is 0 Å². The summed E-state index contributed by atoms with van der Waals surface area (Å²) in [6.45, 7) is 3.95. The van der Waals surface area contributed by atoms with E-state index in [2.05, 4.69) is 10.0 Å². The quantitative estimate of drug-likeness (QED) is 0.699. The summed E-state index contributed by atoms with van der Waals surface area (Å²) < 4.78 is 28.4. The Balaban J connectivity index is 2.35. The second kappa shape index (κ2) is 7.98. The normalized spacial score (nSPS) is 17.4. The number of carboxylic acids is 1. The van der Waals surface area contributed by atoms with Gasteiger partial charge in [-0.15, -0.1) is 0 Å². The molecule has 1 aliphatic rings. The third-order valence-electron chi connectivity index (χ3n) is 4.46. The van der Waals surface area contributed by atoms with Crippen LogP contribution in [-0.2, 0) is 10.0 Å². The maximum absolute atomic E-state index is 12.8. The summed E-state index contributed by atoms with van der Waals surface area (Å²) in [4.78, 5) is 11.2. The Hall–Kier alpha value is -1.60. The van der Waals surface area contributed by atoms with Gasteiger partial charge in [-0.3, -0.25) is 0 Å². The van der Waals surface area contributed by atoms with Crippen molar-refractivity contribution in [1.29, 1.82) is 0 Å². The molecule has 0 spiro atoms. The van der Waals surface area contributed by atoms with Gasteiger partial charge in [0.15, 0.2) is 0 Å². The second-order valence-corrected chi connectivity index (χ2v) is 8.11. The number of nitrogens with one attached hydrogen (secondary N) is 2. The number of hydrogen-bond acceptors (Lipinski definition) is 4. The molecule has 2 rings (SSSR count). The van der Waals surface area contributed by atoms with Crippen LogP contribution in [-0.4, -0.2) is 31.6 Å². The van der Waals surface area contributed by atoms with Gasteiger partial charge in [-0.25, -0.2) is 17.9 Å². The molecule has 1 saturated carbocycles. The van der Waals surface area contributed by atoms with Gasteiger partial charge < -0.3 is 10.4 Å². The van der Waals surface area contributed by atoms with Crippen molar-refractivity contribution in [2.24, 2.45) is 0 Å². The highest BCUT2D eigenvalue weighted by atomic mass is 32.2. The Morgan fingerprint density at radius 2 is 1.96 bits per heavy atom. The third-order valence-corrected chi connectivity index (χ3v) is 6.02. The Labute approximate surface area is 143 Å². The first-order valence-electron chi connectivity index (χ1n) is 8.49. The number of carbonyl (C=O) groups is 1. The van der Waals surface area contributed by atoms with Gasteiger partial charge in [0.2, 0.25) is 10.0 Å². The summed E-state index contributed by atoms with van der Waals surface area (Å²) in [6, 6.07) is 4.20. The zero-order chi connectivity index (χ0) is 17.7. The predicted octanol–water partition coefficient (Wildman–Crippen LogP) is 3.21. The molecule has 1 aromatic carbocycles. The average Bonchev–Trinajstić information content (AvgIpc) is 2.55. The van der Waals surface area contributed by atoms with Crippen molar-refractivity contribution in [2.45, 2.75) is 69.4 Å². The SMILES string of the molecule is CC[C@@H](C)Nc1ccc(C(=O)O)cc1S(=O)(=O)NC1CCCCC1. The fourth-order valence-electron chi connectivity index (χ4n) is 2.87. The Morgan fingerprint density at radius 1 is 1.29 bits per heavy atom. The molecule has 0 saturated heterocycles. The summed E-state index contributed by atoms with van der Waals surface area (Å²) in [5.41, 5.74) is 0.409. The number of benzene rings is 1. The van der Waals surface area contributed by atoms with Crippen LogP contribution in [0.2, 0.25) is 0 Å². The van der Waals surface area contributed by atoms with Crippen molar-refractivity contribution >= 4 is 21.7 Å². The lowest BCUT2D eigenvalue weighted by atomic mass is 9.96. The molecule has 0 radical (unpaired) electrons. The van der Waals surface area contributed by atoms with E-state index in [9.17, 15) is 18.3 Å². The van der Waals surface area contributed by atoms with Crippen LogP contribution in [0.4, 0.5) is 5.69 Å². The monoisotopic (exact) mass is 354 g/mol. The second-order valence-electron chi connectivity index (χ2n) is 6.43. The summed E-state index contributed by atoms with van der Waals surface area (Å²) in [5.74, 6) is -1.14. The van der Waals surface area contributed by atoms with Gasteiger partial charge in [0.25, 0.3) is 0 Å². The molecule has 0 heterocycles. The minimum atomic E-state index is -3.78. The lowest BCUT2D eigenvalue weighted by Gasteiger charge is -2.24. The minimum absolute atomic E-state index is 0.00766. The van der Waals surface area contributed by atoms with Crippen LogP contribution in [0.15, 0.2) is 23.1 Å². The molecule has 1 aliphatic carbocycles. The van der Waals surface area contributed by atoms with E-state index in [-0.39, 0.29) is 22.5 Å². The first-order valence-corrected chi connectivity index (χ1v) is 9.98. The van der Waals surface area contributed by atoms with Crippen LogP contribution in [0.1, 0.15) is 62.7 Å². The topological polar surface area (TPSA) is 95.5 Å². The molecule has 6 nitrogen and oxygen atoms in total. The molecule has 7 heteroatoms. The highest BCUT2D eigenvalue weighted by molar-refractivity contribution is 7.89. The summed E-state index contributed by atoms with van der Waals surface area (Å²) in [6.07, 6.45) is 5.64. The summed E-state index contributed by atoms with van der Waals surface area (Å²) in [5, 5.41) is 12.3. The van der Waals surface area contributed by atoms with Crippen LogP contribution in [0.25, 0.3) is 0 Å². The predicted molar refractivity (Wildman–Crippen MR) is 94.0 cm³/mol. The molecular formula is C17H26N2O4S. The van der Waals surface area contributed by atoms with Gasteiger partial charge in [0.05, 0.1) is 11.3 Å². The third kappa shape index (κ3) is 4.70. The molecule has 0 aromatic heterocycles. The maximum Gasteiger partial charge on any atom is 0.335 e. The smallest absolute Gasteiger partial charge is 0.335 e. The van der Waals surface area contributed by atoms with Gasteiger partial charge >= 0.3 is 5.97 Å². The molecule has 1 aromatic rings. The molecule has 0 amide bonds. The lowest BCUT2D eigenvalue weighted by Crippen LogP contribution is -2.36. The zero-order valence-electron chi connectivity index (χ0n) is 14.2. The number of hydrogen-bond donors (Lipinski definition) is 3. The molecule has 1 fully saturated rings. The highest BCUT2D eigenvalue weighted by Gasteiger charge is 2.25. The van der Waals surface area contributed by atoms with E-state index in [1.165, 1.54) is 18.2 Å². The Bertz CT molecular complexity index is 682. The maximum atomic E-state index is 12.8. The summed E-state index contributed by atoms with van der Waals surface area (Å²) in [7, 11) is -3.78. The molecule has 3 N–H and O–H groups in total. The van der Waals surface area contributed by atoms with Gasteiger partial charge in [0.1, 0.15) is 4.90 Å². The van der Waals surface area contributed by atoms with Gasteiger partial charge in [-0.05, 0) is 44.4 Å². The van der Waals surface area contributed by atoms with E-state index >= 15 is 0 Å². The van der Waals surface area contributed by atoms with E-state index in [1.807, 2.05) is 13.8 Å². The van der Waals surface area contributed by atoms with Crippen LogP contribution in [0.5, 0.6) is 0 Å². The standard InChI is InChI=1S/C17H26N2O4S/c1-3-12(2)18-15-10-9-13(17(20)21)11-16(15)24(22,23)19-14-7-5-4-6-8-14/h9-12,14,18-19H,3-8H2,1-2H3,(H,20,21)/t12-/m1/s1. The van der Waals surface area contributed by atoms with E-state index in [0.29, 0.717) is 5.69 Å². The average molecular weight is 354 g/mol. The number of sulfonamides is 1. The van der Waals surface area contributed by atoms with Crippen molar-refractivity contribution in [1.82, 2.24) is 4.72 Å². The van der Waals surface area contributed by atoms with E-state index in [4.69, 9.17) is 0 Å². The molecule has 0 bridgehead atoms. The van der Waals surface area contributed by atoms with E-state index in [0.717, 1.165) is 38.5 Å². The summed E-state index contributed by atoms with van der Waals surface area (Å²) >= 11 is 0. The fourth-order valence-corrected chi connectivity index (χ4v) is 4.37. The van der Waals surface area contributed by atoms with Crippen molar-refractivity contribution in [3.05, 3.63) is 23.8 Å². The molecule has 134 valence electrons. The van der Waals surface area contributed by atoms with E-state index < -0.39 is 16.0 Å². The van der Waals surface area contributed by atoms with Gasteiger partial charge in [-0.2, -0.15) is 0 Å². The van der Waals surface area contributed by atoms with Crippen LogP contribution < -0.4 is 10.0 Å². The first kappa shape index (κ1) is 18.7. The molecule has 1 atom stereocenters. The molecule has 0 aliphatic heterocycles. The minimum Gasteiger partial charge on any atom is -0.478 e. The Morgan fingerprint density at radius 3 is 2.54 bits per heavy atom. The van der Waals surface area contributed by atoms with Crippen molar-refractivity contribution in [2.75, 3.05) is 5.32 Å². The first-order chi connectivity index (χ1) is 11.3. The highest BCUT2D eigenvalue weighted by Crippen LogP contribution is 2.26. The van der Waals surface area contributed by atoms with Gasteiger partial charge in [-0.1, -0.05) is 26.2 Å². The van der Waals surface area contributed by atoms with Crippen LogP contribution >= 0.6 is 0 Å². The van der Waals surface area contributed by atoms with Crippen molar-refractivity contribution in [3.63, 3.8) is 0 Å². The number of anilines is 1.